The van der Waals surface area contributed by atoms with E-state index in [0.29, 0.717) is 23.2 Å². The SMILES string of the molecule is N=C(N)c1ccc2cc(C(=O)Nc3ccc(N4CC(C=O)=NC4=O)cc3)ncc2c1. The minimum atomic E-state index is -0.498. The van der Waals surface area contributed by atoms with Gasteiger partial charge in [0.15, 0.2) is 6.29 Å². The van der Waals surface area contributed by atoms with Crippen LogP contribution in [0.5, 0.6) is 0 Å². The van der Waals surface area contributed by atoms with Crippen LogP contribution in [0, 0.1) is 5.41 Å². The lowest BCUT2D eigenvalue weighted by molar-refractivity contribution is -0.102. The second-order valence-electron chi connectivity index (χ2n) is 6.64. The molecule has 9 nitrogen and oxygen atoms in total. The number of fused-ring (bicyclic) bond motifs is 1. The van der Waals surface area contributed by atoms with Gasteiger partial charge in [0.25, 0.3) is 5.91 Å². The Kier molecular flexibility index (Phi) is 4.77. The largest absolute Gasteiger partial charge is 0.384 e. The number of pyridine rings is 1. The van der Waals surface area contributed by atoms with E-state index in [0.717, 1.165) is 10.8 Å². The number of aldehydes is 1. The summed E-state index contributed by atoms with van der Waals surface area (Å²) < 4.78 is 0. The van der Waals surface area contributed by atoms with Gasteiger partial charge in [0, 0.05) is 28.5 Å². The summed E-state index contributed by atoms with van der Waals surface area (Å²) in [6.07, 6.45) is 2.12. The van der Waals surface area contributed by atoms with E-state index in [9.17, 15) is 14.4 Å². The van der Waals surface area contributed by atoms with Crippen molar-refractivity contribution >= 4 is 51.9 Å². The van der Waals surface area contributed by atoms with Crippen LogP contribution in [-0.4, -0.2) is 41.3 Å². The van der Waals surface area contributed by atoms with Crippen molar-refractivity contribution in [3.63, 3.8) is 0 Å². The fourth-order valence-electron chi connectivity index (χ4n) is 3.07. The molecule has 0 fully saturated rings. The summed E-state index contributed by atoms with van der Waals surface area (Å²) in [5, 5.41) is 11.8. The Hall–Kier alpha value is -4.40. The van der Waals surface area contributed by atoms with E-state index in [1.54, 1.807) is 54.7 Å². The van der Waals surface area contributed by atoms with E-state index in [1.807, 2.05) is 0 Å². The monoisotopic (exact) mass is 400 g/mol. The number of rotatable bonds is 5. The Morgan fingerprint density at radius 1 is 1.13 bits per heavy atom. The number of hydrogen-bond donors (Lipinski definition) is 3. The van der Waals surface area contributed by atoms with Crippen molar-refractivity contribution < 1.29 is 14.4 Å². The normalized spacial score (nSPS) is 13.3. The molecule has 30 heavy (non-hydrogen) atoms. The van der Waals surface area contributed by atoms with Crippen molar-refractivity contribution in [3.8, 4) is 0 Å². The molecule has 1 aliphatic rings. The molecule has 1 aliphatic heterocycles. The van der Waals surface area contributed by atoms with Gasteiger partial charge >= 0.3 is 6.03 Å². The minimum Gasteiger partial charge on any atom is -0.384 e. The molecule has 1 aromatic heterocycles. The first-order valence-electron chi connectivity index (χ1n) is 8.94. The first kappa shape index (κ1) is 18.9. The van der Waals surface area contributed by atoms with Crippen LogP contribution in [0.4, 0.5) is 16.2 Å². The molecule has 9 heteroatoms. The van der Waals surface area contributed by atoms with Gasteiger partial charge in [-0.1, -0.05) is 12.1 Å². The Morgan fingerprint density at radius 3 is 2.57 bits per heavy atom. The number of nitrogens with zero attached hydrogens (tertiary/aromatic N) is 3. The third-order valence-electron chi connectivity index (χ3n) is 4.63. The van der Waals surface area contributed by atoms with Crippen LogP contribution in [-0.2, 0) is 4.79 Å². The predicted molar refractivity (Wildman–Crippen MR) is 113 cm³/mol. The van der Waals surface area contributed by atoms with Gasteiger partial charge < -0.3 is 11.1 Å². The van der Waals surface area contributed by atoms with E-state index in [-0.39, 0.29) is 29.7 Å². The smallest absolute Gasteiger partial charge is 0.348 e. The zero-order valence-corrected chi connectivity index (χ0v) is 15.6. The molecule has 0 atom stereocenters. The van der Waals surface area contributed by atoms with Crippen molar-refractivity contribution in [2.24, 2.45) is 10.7 Å². The molecular weight excluding hydrogens is 384 g/mol. The van der Waals surface area contributed by atoms with Crippen LogP contribution in [0.2, 0.25) is 0 Å². The molecule has 3 amide bonds. The molecule has 4 rings (SSSR count). The van der Waals surface area contributed by atoms with E-state index in [1.165, 1.54) is 4.90 Å². The number of amides is 3. The number of nitrogens with one attached hydrogen (secondary N) is 2. The van der Waals surface area contributed by atoms with E-state index >= 15 is 0 Å². The number of amidine groups is 1. The van der Waals surface area contributed by atoms with Crippen LogP contribution in [0.25, 0.3) is 10.8 Å². The summed E-state index contributed by atoms with van der Waals surface area (Å²) in [5.41, 5.74) is 7.60. The highest BCUT2D eigenvalue weighted by atomic mass is 16.2. The lowest BCUT2D eigenvalue weighted by atomic mass is 10.1. The summed E-state index contributed by atoms with van der Waals surface area (Å²) >= 11 is 0. The van der Waals surface area contributed by atoms with Crippen LogP contribution < -0.4 is 16.0 Å². The van der Waals surface area contributed by atoms with Gasteiger partial charge in [-0.15, -0.1) is 0 Å². The van der Waals surface area contributed by atoms with Crippen molar-refractivity contribution in [2.45, 2.75) is 0 Å². The maximum absolute atomic E-state index is 12.6. The highest BCUT2D eigenvalue weighted by Gasteiger charge is 2.24. The molecule has 0 unspecified atom stereocenters. The fraction of sp³-hybridized carbons (Fsp3) is 0.0476. The Balaban J connectivity index is 1.48. The number of hydrogen-bond acceptors (Lipinski definition) is 5. The van der Waals surface area contributed by atoms with Gasteiger partial charge in [0.2, 0.25) is 0 Å². The predicted octanol–water partition coefficient (Wildman–Crippen LogP) is 2.35. The number of nitrogen functional groups attached to an aromatic ring is 1. The van der Waals surface area contributed by atoms with Crippen molar-refractivity contribution in [1.82, 2.24) is 4.98 Å². The first-order chi connectivity index (χ1) is 14.4. The molecule has 4 N–H and O–H groups in total. The Labute approximate surface area is 170 Å². The third-order valence-corrected chi connectivity index (χ3v) is 4.63. The highest BCUT2D eigenvalue weighted by molar-refractivity contribution is 6.36. The molecule has 0 radical (unpaired) electrons. The summed E-state index contributed by atoms with van der Waals surface area (Å²) in [7, 11) is 0. The number of carbonyl (C=O) groups is 3. The number of carbonyl (C=O) groups excluding carboxylic acids is 3. The molecule has 2 heterocycles. The van der Waals surface area contributed by atoms with Gasteiger partial charge in [0.05, 0.1) is 6.54 Å². The van der Waals surface area contributed by atoms with Gasteiger partial charge in [-0.2, -0.15) is 4.99 Å². The van der Waals surface area contributed by atoms with Gasteiger partial charge in [0.1, 0.15) is 17.2 Å². The van der Waals surface area contributed by atoms with E-state index in [2.05, 4.69) is 15.3 Å². The summed E-state index contributed by atoms with van der Waals surface area (Å²) in [4.78, 5) is 44.4. The molecule has 148 valence electrons. The molecule has 0 saturated carbocycles. The summed E-state index contributed by atoms with van der Waals surface area (Å²) in [5.74, 6) is -0.421. The second kappa shape index (κ2) is 7.55. The standard InChI is InChI=1S/C21H16N6O3/c22-19(23)13-2-1-12-8-18(24-9-14(12)7-13)20(29)25-15-3-5-17(6-4-15)27-10-16(11-28)26-21(27)30/h1-9,11H,10H2,(H3,22,23)(H,25,29). The van der Waals surface area contributed by atoms with Crippen LogP contribution in [0.15, 0.2) is 59.7 Å². The number of anilines is 2. The van der Waals surface area contributed by atoms with Gasteiger partial charge in [-0.3, -0.25) is 24.9 Å². The van der Waals surface area contributed by atoms with Gasteiger partial charge in [-0.05, 0) is 41.8 Å². The number of aromatic nitrogens is 1. The molecule has 0 aliphatic carbocycles. The topological polar surface area (TPSA) is 142 Å². The molecule has 0 saturated heterocycles. The van der Waals surface area contributed by atoms with Crippen molar-refractivity contribution in [3.05, 3.63) is 66.0 Å². The van der Waals surface area contributed by atoms with Crippen LogP contribution in [0.1, 0.15) is 16.1 Å². The second-order valence-corrected chi connectivity index (χ2v) is 6.64. The maximum atomic E-state index is 12.6. The number of urea groups is 1. The molecular formula is C21H16N6O3. The Morgan fingerprint density at radius 2 is 1.90 bits per heavy atom. The zero-order chi connectivity index (χ0) is 21.3. The van der Waals surface area contributed by atoms with Crippen molar-refractivity contribution in [2.75, 3.05) is 16.8 Å². The van der Waals surface area contributed by atoms with Crippen molar-refractivity contribution in [1.29, 1.82) is 5.41 Å². The number of nitrogens with two attached hydrogens (primary N) is 1. The zero-order valence-electron chi connectivity index (χ0n) is 15.6. The molecule has 0 spiro atoms. The maximum Gasteiger partial charge on any atom is 0.348 e. The van der Waals surface area contributed by atoms with Gasteiger partial charge in [-0.25, -0.2) is 4.79 Å². The number of benzene rings is 2. The fourth-order valence-corrected chi connectivity index (χ4v) is 3.07. The third kappa shape index (κ3) is 3.63. The van der Waals surface area contributed by atoms with E-state index in [4.69, 9.17) is 11.1 Å². The molecule has 0 bridgehead atoms. The van der Waals surface area contributed by atoms with Crippen LogP contribution in [0.3, 0.4) is 0 Å². The lowest BCUT2D eigenvalue weighted by Gasteiger charge is -2.15. The lowest BCUT2D eigenvalue weighted by Crippen LogP contribution is -2.26. The average Bonchev–Trinajstić information content (AvgIpc) is 3.14. The minimum absolute atomic E-state index is 0.0354. The molecule has 2 aromatic carbocycles. The molecule has 3 aromatic rings. The highest BCUT2D eigenvalue weighted by Crippen LogP contribution is 2.22. The number of aliphatic imine (C=N–C) groups is 1. The quantitative estimate of drug-likeness (QED) is 0.342. The van der Waals surface area contributed by atoms with E-state index < -0.39 is 6.03 Å². The summed E-state index contributed by atoms with van der Waals surface area (Å²) in [6.45, 7) is 0.125. The first-order valence-corrected chi connectivity index (χ1v) is 8.94. The average molecular weight is 400 g/mol. The van der Waals surface area contributed by atoms with Crippen LogP contribution >= 0.6 is 0 Å². The summed E-state index contributed by atoms with van der Waals surface area (Å²) in [6, 6.07) is 13.0. The Bertz CT molecular complexity index is 1230.